The number of nitrogens with one attached hydrogen (secondary N) is 2. The lowest BCUT2D eigenvalue weighted by atomic mass is 9.96. The van der Waals surface area contributed by atoms with Gasteiger partial charge in [0.2, 0.25) is 11.7 Å². The summed E-state index contributed by atoms with van der Waals surface area (Å²) in [5, 5.41) is 26.5. The first-order chi connectivity index (χ1) is 18.9. The van der Waals surface area contributed by atoms with E-state index >= 15 is 0 Å². The molecule has 0 bridgehead atoms. The van der Waals surface area contributed by atoms with Crippen molar-refractivity contribution in [2.75, 3.05) is 17.2 Å². The maximum absolute atomic E-state index is 13.9. The number of allylic oxidation sites excluding steroid dienone is 2. The van der Waals surface area contributed by atoms with E-state index in [-0.39, 0.29) is 23.8 Å². The van der Waals surface area contributed by atoms with Crippen LogP contribution < -0.4 is 10.6 Å². The number of para-hydroxylation sites is 1. The Morgan fingerprint density at radius 1 is 1.05 bits per heavy atom. The van der Waals surface area contributed by atoms with Gasteiger partial charge in [-0.25, -0.2) is 0 Å². The number of carbonyl (C=O) groups excluding carboxylic acids is 2. The zero-order valence-corrected chi connectivity index (χ0v) is 23.6. The zero-order valence-electron chi connectivity index (χ0n) is 21.2. The number of carbonyl (C=O) groups is 2. The molecule has 9 heteroatoms. The molecule has 0 unspecified atom stereocenters. The zero-order chi connectivity index (χ0) is 27.8. The second kappa shape index (κ2) is 13.1. The Hall–Kier alpha value is -4.18. The van der Waals surface area contributed by atoms with Gasteiger partial charge in [0.15, 0.2) is 11.4 Å². The van der Waals surface area contributed by atoms with E-state index in [1.165, 1.54) is 17.4 Å². The summed E-state index contributed by atoms with van der Waals surface area (Å²) in [5.74, 6) is -1.18. The number of Topliss-reactive ketones (excluding diaryl/α,β-unsaturated/α-hetero) is 1. The Morgan fingerprint density at radius 3 is 2.44 bits per heavy atom. The van der Waals surface area contributed by atoms with Crippen LogP contribution in [0.25, 0.3) is 0 Å². The van der Waals surface area contributed by atoms with Crippen LogP contribution in [0.15, 0.2) is 82.3 Å². The fourth-order valence-electron chi connectivity index (χ4n) is 4.19. The number of hydrogen-bond donors (Lipinski definition) is 2. The summed E-state index contributed by atoms with van der Waals surface area (Å²) in [6.07, 6.45) is 4.85. The molecule has 196 valence electrons. The molecule has 0 fully saturated rings. The molecule has 39 heavy (non-hydrogen) atoms. The number of ether oxygens (including phenoxy) is 1. The highest BCUT2D eigenvalue weighted by atomic mass is 79.9. The fourth-order valence-corrected chi connectivity index (χ4v) is 5.70. The van der Waals surface area contributed by atoms with Crippen LogP contribution in [0.4, 0.5) is 10.7 Å². The highest BCUT2D eigenvalue weighted by molar-refractivity contribution is 9.10. The summed E-state index contributed by atoms with van der Waals surface area (Å²) in [6, 6.07) is 20.0. The van der Waals surface area contributed by atoms with Crippen LogP contribution in [-0.4, -0.2) is 18.2 Å². The predicted molar refractivity (Wildman–Crippen MR) is 155 cm³/mol. The standard InChI is InChI=1S/C30H25BrN4O3S/c1-2-38-29(34-21-8-4-3-5-9-21)24(18-33)28(37)25(16-26(36)19-12-14-20(31)15-13-19)35-30-23(17-32)22-10-6-7-11-27(22)39-30/h3-5,8-9,12-16,34-35H,2,6-7,10-11H2,1H3. The fraction of sp³-hybridized carbons (Fsp3) is 0.200. The number of nitrogens with zero attached hydrogens (tertiary/aromatic N) is 2. The van der Waals surface area contributed by atoms with Gasteiger partial charge in [-0.15, -0.1) is 11.3 Å². The van der Waals surface area contributed by atoms with Crippen LogP contribution in [0.2, 0.25) is 0 Å². The number of nitriles is 2. The normalized spacial score (nSPS) is 13.3. The van der Waals surface area contributed by atoms with Crippen LogP contribution in [0.1, 0.15) is 46.1 Å². The molecule has 3 aromatic rings. The lowest BCUT2D eigenvalue weighted by Crippen LogP contribution is -2.19. The van der Waals surface area contributed by atoms with Crippen LogP contribution >= 0.6 is 27.3 Å². The molecule has 0 saturated heterocycles. The van der Waals surface area contributed by atoms with Gasteiger partial charge < -0.3 is 15.4 Å². The Balaban J connectivity index is 1.79. The van der Waals surface area contributed by atoms with Gasteiger partial charge in [-0.2, -0.15) is 10.5 Å². The molecule has 1 aliphatic carbocycles. The number of halogens is 1. The van der Waals surface area contributed by atoms with E-state index in [2.05, 4.69) is 32.6 Å². The van der Waals surface area contributed by atoms with Crippen molar-refractivity contribution in [2.45, 2.75) is 32.6 Å². The van der Waals surface area contributed by atoms with E-state index < -0.39 is 11.6 Å². The Morgan fingerprint density at radius 2 is 1.77 bits per heavy atom. The summed E-state index contributed by atoms with van der Waals surface area (Å²) < 4.78 is 6.47. The molecule has 1 heterocycles. The summed E-state index contributed by atoms with van der Waals surface area (Å²) >= 11 is 4.77. The summed E-state index contributed by atoms with van der Waals surface area (Å²) in [4.78, 5) is 28.2. The molecule has 0 atom stereocenters. The van der Waals surface area contributed by atoms with Crippen LogP contribution in [0, 0.1) is 22.7 Å². The number of thiophene rings is 1. The molecular weight excluding hydrogens is 576 g/mol. The molecule has 0 aliphatic heterocycles. The summed E-state index contributed by atoms with van der Waals surface area (Å²) in [7, 11) is 0. The lowest BCUT2D eigenvalue weighted by Gasteiger charge is -2.15. The van der Waals surface area contributed by atoms with Crippen molar-refractivity contribution in [2.24, 2.45) is 0 Å². The highest BCUT2D eigenvalue weighted by Gasteiger charge is 2.26. The second-order valence-corrected chi connectivity index (χ2v) is 10.7. The second-order valence-electron chi connectivity index (χ2n) is 8.65. The van der Waals surface area contributed by atoms with Gasteiger partial charge in [-0.1, -0.05) is 34.1 Å². The van der Waals surface area contributed by atoms with Gasteiger partial charge in [0.1, 0.15) is 17.1 Å². The molecule has 0 spiro atoms. The van der Waals surface area contributed by atoms with Gasteiger partial charge in [0.05, 0.1) is 17.9 Å². The first kappa shape index (κ1) is 27.8. The van der Waals surface area contributed by atoms with Crippen molar-refractivity contribution in [1.29, 1.82) is 10.5 Å². The number of fused-ring (bicyclic) bond motifs is 1. The van der Waals surface area contributed by atoms with Crippen LogP contribution in [0.5, 0.6) is 0 Å². The van der Waals surface area contributed by atoms with Crippen molar-refractivity contribution < 1.29 is 14.3 Å². The van der Waals surface area contributed by atoms with Crippen LogP contribution in [-0.2, 0) is 22.4 Å². The predicted octanol–water partition coefficient (Wildman–Crippen LogP) is 6.89. The SMILES string of the molecule is CCOC(Nc1ccccc1)=C(C#N)C(=O)C(=CC(=O)c1ccc(Br)cc1)Nc1sc2c(c1C#N)CCCC2. The van der Waals surface area contributed by atoms with E-state index in [1.54, 1.807) is 43.3 Å². The number of ketones is 2. The van der Waals surface area contributed by atoms with Gasteiger partial charge in [-0.05, 0) is 74.6 Å². The van der Waals surface area contributed by atoms with E-state index in [9.17, 15) is 20.1 Å². The Bertz CT molecular complexity index is 1530. The van der Waals surface area contributed by atoms with Crippen molar-refractivity contribution in [1.82, 2.24) is 0 Å². The Labute approximate surface area is 239 Å². The average Bonchev–Trinajstić information content (AvgIpc) is 3.31. The van der Waals surface area contributed by atoms with Crippen molar-refractivity contribution >= 4 is 49.5 Å². The highest BCUT2D eigenvalue weighted by Crippen LogP contribution is 2.38. The third kappa shape index (κ3) is 6.64. The largest absolute Gasteiger partial charge is 0.478 e. The minimum atomic E-state index is -0.731. The van der Waals surface area contributed by atoms with Gasteiger partial charge >= 0.3 is 0 Å². The number of aryl methyl sites for hydroxylation is 1. The first-order valence-electron chi connectivity index (χ1n) is 12.4. The topological polar surface area (TPSA) is 115 Å². The summed E-state index contributed by atoms with van der Waals surface area (Å²) in [6.45, 7) is 1.95. The number of rotatable bonds is 10. The van der Waals surface area contributed by atoms with Crippen LogP contribution in [0.3, 0.4) is 0 Å². The molecule has 1 aliphatic rings. The molecular formula is C30H25BrN4O3S. The molecule has 0 amide bonds. The first-order valence-corrected chi connectivity index (χ1v) is 14.0. The molecule has 7 nitrogen and oxygen atoms in total. The van der Waals surface area contributed by atoms with Crippen molar-refractivity contribution in [3.05, 3.63) is 104 Å². The smallest absolute Gasteiger partial charge is 0.225 e. The quantitative estimate of drug-likeness (QED) is 0.113. The average molecular weight is 602 g/mol. The van der Waals surface area contributed by atoms with Crippen molar-refractivity contribution in [3.63, 3.8) is 0 Å². The Kier molecular flexibility index (Phi) is 9.32. The van der Waals surface area contributed by atoms with E-state index in [0.29, 0.717) is 21.8 Å². The number of benzene rings is 2. The molecule has 0 saturated carbocycles. The molecule has 0 radical (unpaired) electrons. The lowest BCUT2D eigenvalue weighted by molar-refractivity contribution is -0.112. The molecule has 2 N–H and O–H groups in total. The third-order valence-electron chi connectivity index (χ3n) is 6.07. The van der Waals surface area contributed by atoms with Crippen molar-refractivity contribution in [3.8, 4) is 12.1 Å². The van der Waals surface area contributed by atoms with E-state index in [0.717, 1.165) is 40.6 Å². The minimum Gasteiger partial charge on any atom is -0.478 e. The monoisotopic (exact) mass is 600 g/mol. The minimum absolute atomic E-state index is 0.0222. The maximum Gasteiger partial charge on any atom is 0.225 e. The third-order valence-corrected chi connectivity index (χ3v) is 7.80. The molecule has 2 aromatic carbocycles. The maximum atomic E-state index is 13.9. The van der Waals surface area contributed by atoms with Gasteiger partial charge in [-0.3, -0.25) is 9.59 Å². The van der Waals surface area contributed by atoms with Gasteiger partial charge in [0.25, 0.3) is 0 Å². The molecule has 1 aromatic heterocycles. The van der Waals surface area contributed by atoms with E-state index in [1.807, 2.05) is 24.3 Å². The molecule has 4 rings (SSSR count). The van der Waals surface area contributed by atoms with Gasteiger partial charge in [0, 0.05) is 26.7 Å². The summed E-state index contributed by atoms with van der Waals surface area (Å²) in [5.41, 5.74) is 2.03. The van der Waals surface area contributed by atoms with E-state index in [4.69, 9.17) is 4.74 Å². The number of anilines is 2. The number of hydrogen-bond acceptors (Lipinski definition) is 8.